The van der Waals surface area contributed by atoms with Gasteiger partial charge in [0.1, 0.15) is 5.82 Å². The zero-order valence-corrected chi connectivity index (χ0v) is 15.5. The van der Waals surface area contributed by atoms with E-state index in [2.05, 4.69) is 16.4 Å². The number of carbonyl (C=O) groups is 1. The molecule has 0 saturated carbocycles. The Bertz CT molecular complexity index is 823. The molecule has 0 spiro atoms. The van der Waals surface area contributed by atoms with E-state index in [1.165, 1.54) is 6.42 Å². The van der Waals surface area contributed by atoms with E-state index in [9.17, 15) is 4.79 Å². The monoisotopic (exact) mass is 368 g/mol. The first-order valence-corrected chi connectivity index (χ1v) is 9.17. The number of carbonyl (C=O) groups excluding carboxylic acids is 1. The molecule has 3 rings (SSSR count). The fraction of sp³-hybridized carbons (Fsp3) is 0.350. The lowest BCUT2D eigenvalue weighted by Crippen LogP contribution is -2.35. The van der Waals surface area contributed by atoms with E-state index in [0.29, 0.717) is 22.0 Å². The minimum absolute atomic E-state index is 0.00853. The summed E-state index contributed by atoms with van der Waals surface area (Å²) in [5, 5.41) is 12.6. The molecule has 1 saturated heterocycles. The third-order valence-corrected chi connectivity index (χ3v) is 4.91. The van der Waals surface area contributed by atoms with Crippen LogP contribution < -0.4 is 5.32 Å². The molecule has 1 aliphatic heterocycles. The van der Waals surface area contributed by atoms with Gasteiger partial charge in [-0.15, -0.1) is 0 Å². The standard InChI is InChI=1S/C20H21ClN4O/c1-14(16-7-5-15(12-22)6-8-16)24-19-18(21)11-17(13-23-19)20(26)25-9-3-2-4-10-25/h5-8,11,13-14H,2-4,9-10H2,1H3,(H,23,24). The second kappa shape index (κ2) is 8.20. The average Bonchev–Trinajstić information content (AvgIpc) is 2.69. The van der Waals surface area contributed by atoms with Gasteiger partial charge in [0.05, 0.1) is 22.2 Å². The number of benzene rings is 1. The molecule has 1 atom stereocenters. The second-order valence-electron chi connectivity index (χ2n) is 6.51. The van der Waals surface area contributed by atoms with Crippen LogP contribution in [0.25, 0.3) is 0 Å². The summed E-state index contributed by atoms with van der Waals surface area (Å²) in [5.41, 5.74) is 2.17. The summed E-state index contributed by atoms with van der Waals surface area (Å²) in [6.45, 7) is 3.59. The van der Waals surface area contributed by atoms with Crippen molar-refractivity contribution in [2.45, 2.75) is 32.2 Å². The second-order valence-corrected chi connectivity index (χ2v) is 6.91. The van der Waals surface area contributed by atoms with E-state index >= 15 is 0 Å². The Balaban J connectivity index is 1.70. The molecule has 26 heavy (non-hydrogen) atoms. The summed E-state index contributed by atoms with van der Waals surface area (Å²) in [6, 6.07) is 11.1. The first-order valence-electron chi connectivity index (χ1n) is 8.80. The van der Waals surface area contributed by atoms with Gasteiger partial charge in [-0.2, -0.15) is 5.26 Å². The molecule has 0 bridgehead atoms. The van der Waals surface area contributed by atoms with Crippen molar-refractivity contribution < 1.29 is 4.79 Å². The minimum Gasteiger partial charge on any atom is -0.362 e. The van der Waals surface area contributed by atoms with Crippen molar-refractivity contribution in [1.29, 1.82) is 5.26 Å². The Hall–Kier alpha value is -2.58. The zero-order valence-electron chi connectivity index (χ0n) is 14.7. The molecule has 0 aliphatic carbocycles. The summed E-state index contributed by atoms with van der Waals surface area (Å²) >= 11 is 6.35. The van der Waals surface area contributed by atoms with Crippen LogP contribution in [0.1, 0.15) is 53.7 Å². The van der Waals surface area contributed by atoms with Gasteiger partial charge in [0.15, 0.2) is 0 Å². The first kappa shape index (κ1) is 18.2. The normalized spacial score (nSPS) is 15.2. The van der Waals surface area contributed by atoms with Crippen molar-refractivity contribution in [3.8, 4) is 6.07 Å². The average molecular weight is 369 g/mol. The molecule has 0 radical (unpaired) electrons. The SMILES string of the molecule is CC(Nc1ncc(C(=O)N2CCCCC2)cc1Cl)c1ccc(C#N)cc1. The number of hydrogen-bond donors (Lipinski definition) is 1. The van der Waals surface area contributed by atoms with E-state index in [4.69, 9.17) is 16.9 Å². The summed E-state index contributed by atoms with van der Waals surface area (Å²) < 4.78 is 0. The maximum Gasteiger partial charge on any atom is 0.255 e. The predicted octanol–water partition coefficient (Wildman–Crippen LogP) is 4.41. The number of piperidine rings is 1. The number of nitrogens with one attached hydrogen (secondary N) is 1. The molecule has 1 unspecified atom stereocenters. The van der Waals surface area contributed by atoms with E-state index in [0.717, 1.165) is 31.5 Å². The first-order chi connectivity index (χ1) is 12.6. The number of amides is 1. The van der Waals surface area contributed by atoms with Crippen LogP contribution in [0.2, 0.25) is 5.02 Å². The molecule has 1 amide bonds. The predicted molar refractivity (Wildman–Crippen MR) is 102 cm³/mol. The van der Waals surface area contributed by atoms with Crippen LogP contribution in [0.4, 0.5) is 5.82 Å². The van der Waals surface area contributed by atoms with Gasteiger partial charge in [-0.05, 0) is 49.9 Å². The number of anilines is 1. The number of likely N-dealkylation sites (tertiary alicyclic amines) is 1. The Labute approximate surface area is 158 Å². The number of halogens is 1. The fourth-order valence-corrected chi connectivity index (χ4v) is 3.30. The fourth-order valence-electron chi connectivity index (χ4n) is 3.08. The Morgan fingerprint density at radius 1 is 1.27 bits per heavy atom. The largest absolute Gasteiger partial charge is 0.362 e. The molecule has 1 aromatic heterocycles. The minimum atomic E-state index is -0.0311. The lowest BCUT2D eigenvalue weighted by molar-refractivity contribution is 0.0724. The highest BCUT2D eigenvalue weighted by Crippen LogP contribution is 2.26. The topological polar surface area (TPSA) is 69.0 Å². The molecule has 6 heteroatoms. The van der Waals surface area contributed by atoms with Gasteiger partial charge in [0.25, 0.3) is 5.91 Å². The number of aromatic nitrogens is 1. The Morgan fingerprint density at radius 3 is 2.58 bits per heavy atom. The van der Waals surface area contributed by atoms with Gasteiger partial charge in [-0.25, -0.2) is 4.98 Å². The molecule has 134 valence electrons. The van der Waals surface area contributed by atoms with E-state index in [1.807, 2.05) is 24.0 Å². The van der Waals surface area contributed by atoms with Crippen molar-refractivity contribution in [2.24, 2.45) is 0 Å². The number of rotatable bonds is 4. The smallest absolute Gasteiger partial charge is 0.255 e. The highest BCUT2D eigenvalue weighted by Gasteiger charge is 2.20. The van der Waals surface area contributed by atoms with Crippen LogP contribution in [-0.2, 0) is 0 Å². The van der Waals surface area contributed by atoms with Crippen LogP contribution in [0.3, 0.4) is 0 Å². The molecular formula is C20H21ClN4O. The number of pyridine rings is 1. The summed E-state index contributed by atoms with van der Waals surface area (Å²) in [7, 11) is 0. The number of hydrogen-bond acceptors (Lipinski definition) is 4. The molecule has 1 aliphatic rings. The van der Waals surface area contributed by atoms with Crippen molar-refractivity contribution >= 4 is 23.3 Å². The van der Waals surface area contributed by atoms with Crippen LogP contribution in [0.5, 0.6) is 0 Å². The van der Waals surface area contributed by atoms with Crippen LogP contribution >= 0.6 is 11.6 Å². The van der Waals surface area contributed by atoms with Gasteiger partial charge in [-0.1, -0.05) is 23.7 Å². The van der Waals surface area contributed by atoms with Crippen molar-refractivity contribution in [3.63, 3.8) is 0 Å². The van der Waals surface area contributed by atoms with E-state index in [-0.39, 0.29) is 11.9 Å². The summed E-state index contributed by atoms with van der Waals surface area (Å²) in [4.78, 5) is 18.8. The quantitative estimate of drug-likeness (QED) is 0.868. The van der Waals surface area contributed by atoms with Crippen molar-refractivity contribution in [2.75, 3.05) is 18.4 Å². The lowest BCUT2D eigenvalue weighted by atomic mass is 10.1. The lowest BCUT2D eigenvalue weighted by Gasteiger charge is -2.26. The molecule has 1 fully saturated rings. The number of nitrogens with zero attached hydrogens (tertiary/aromatic N) is 3. The maximum absolute atomic E-state index is 12.5. The van der Waals surface area contributed by atoms with Gasteiger partial charge in [-0.3, -0.25) is 4.79 Å². The van der Waals surface area contributed by atoms with Crippen molar-refractivity contribution in [1.82, 2.24) is 9.88 Å². The van der Waals surface area contributed by atoms with Gasteiger partial charge in [0, 0.05) is 25.3 Å². The molecule has 1 N–H and O–H groups in total. The molecule has 1 aromatic carbocycles. The van der Waals surface area contributed by atoms with Gasteiger partial charge >= 0.3 is 0 Å². The number of nitriles is 1. The van der Waals surface area contributed by atoms with Crippen LogP contribution in [0, 0.1) is 11.3 Å². The third-order valence-electron chi connectivity index (χ3n) is 4.62. The molecular weight excluding hydrogens is 348 g/mol. The Kier molecular flexibility index (Phi) is 5.75. The van der Waals surface area contributed by atoms with Crippen molar-refractivity contribution in [3.05, 3.63) is 58.2 Å². The van der Waals surface area contributed by atoms with Gasteiger partial charge < -0.3 is 10.2 Å². The molecule has 2 aromatic rings. The van der Waals surface area contributed by atoms with E-state index < -0.39 is 0 Å². The summed E-state index contributed by atoms with van der Waals surface area (Å²) in [6.07, 6.45) is 4.86. The van der Waals surface area contributed by atoms with Crippen LogP contribution in [0.15, 0.2) is 36.5 Å². The zero-order chi connectivity index (χ0) is 18.5. The molecule has 5 nitrogen and oxygen atoms in total. The third kappa shape index (κ3) is 4.14. The molecule has 2 heterocycles. The highest BCUT2D eigenvalue weighted by atomic mass is 35.5. The maximum atomic E-state index is 12.5. The van der Waals surface area contributed by atoms with E-state index in [1.54, 1.807) is 24.4 Å². The van der Waals surface area contributed by atoms with Gasteiger partial charge in [0.2, 0.25) is 0 Å². The summed E-state index contributed by atoms with van der Waals surface area (Å²) in [5.74, 6) is 0.532. The van der Waals surface area contributed by atoms with Crippen LogP contribution in [-0.4, -0.2) is 28.9 Å². The highest BCUT2D eigenvalue weighted by molar-refractivity contribution is 6.33. The Morgan fingerprint density at radius 2 is 1.96 bits per heavy atom.